The molecule has 162 valence electrons. The number of hydrogen-bond acceptors (Lipinski definition) is 4. The van der Waals surface area contributed by atoms with Crippen LogP contribution in [0.2, 0.25) is 0 Å². The molecular weight excluding hydrogens is 376 g/mol. The molecule has 2 aromatic carbocycles. The van der Waals surface area contributed by atoms with Crippen molar-refractivity contribution < 1.29 is 19.4 Å². The third-order valence-corrected chi connectivity index (χ3v) is 5.70. The van der Waals surface area contributed by atoms with Crippen LogP contribution in [0.15, 0.2) is 42.5 Å². The van der Waals surface area contributed by atoms with E-state index < -0.39 is 6.10 Å². The van der Waals surface area contributed by atoms with Crippen LogP contribution in [0.5, 0.6) is 11.5 Å². The van der Waals surface area contributed by atoms with Gasteiger partial charge >= 0.3 is 5.97 Å². The van der Waals surface area contributed by atoms with Gasteiger partial charge in [0.2, 0.25) is 0 Å². The summed E-state index contributed by atoms with van der Waals surface area (Å²) in [5.74, 6) is 0.876. The van der Waals surface area contributed by atoms with E-state index in [-0.39, 0.29) is 5.97 Å². The zero-order chi connectivity index (χ0) is 21.2. The summed E-state index contributed by atoms with van der Waals surface area (Å²) in [5.41, 5.74) is 1.76. The molecular formula is C26H34O4. The van der Waals surface area contributed by atoms with Crippen molar-refractivity contribution in [2.24, 2.45) is 0 Å². The maximum Gasteiger partial charge on any atom is 0.338 e. The number of carbonyl (C=O) groups excluding carboxylic acids is 1. The van der Waals surface area contributed by atoms with Gasteiger partial charge in [-0.1, -0.05) is 82.9 Å². The van der Waals surface area contributed by atoms with Crippen LogP contribution >= 0.6 is 0 Å². The van der Waals surface area contributed by atoms with E-state index in [9.17, 15) is 9.90 Å². The number of para-hydroxylation sites is 1. The Morgan fingerprint density at radius 3 is 2.23 bits per heavy atom. The van der Waals surface area contributed by atoms with Crippen molar-refractivity contribution in [2.45, 2.75) is 77.2 Å². The van der Waals surface area contributed by atoms with Gasteiger partial charge in [0.05, 0.1) is 12.2 Å². The van der Waals surface area contributed by atoms with E-state index in [2.05, 4.69) is 6.92 Å². The van der Waals surface area contributed by atoms with Crippen molar-refractivity contribution in [2.75, 3.05) is 6.61 Å². The first kappa shape index (κ1) is 22.4. The zero-order valence-corrected chi connectivity index (χ0v) is 18.1. The standard InChI is InChI=1S/C26H34O4/c1-2-3-4-5-6-7-8-9-10-13-18-29-26(28)20-16-17-24-22(19-20)25(27)21-14-11-12-15-23(21)30-24/h11-12,14-17,19,25,27H,2-10,13,18H2,1H3. The average molecular weight is 411 g/mol. The Morgan fingerprint density at radius 2 is 1.50 bits per heavy atom. The Balaban J connectivity index is 1.37. The van der Waals surface area contributed by atoms with Crippen molar-refractivity contribution >= 4 is 5.97 Å². The van der Waals surface area contributed by atoms with Crippen LogP contribution < -0.4 is 4.74 Å². The molecule has 0 saturated heterocycles. The van der Waals surface area contributed by atoms with Gasteiger partial charge in [0.1, 0.15) is 17.6 Å². The van der Waals surface area contributed by atoms with Crippen LogP contribution in [0.1, 0.15) is 98.7 Å². The molecule has 1 aliphatic heterocycles. The molecule has 1 unspecified atom stereocenters. The minimum Gasteiger partial charge on any atom is -0.462 e. The van der Waals surface area contributed by atoms with Gasteiger partial charge in [0.25, 0.3) is 0 Å². The van der Waals surface area contributed by atoms with E-state index in [4.69, 9.17) is 9.47 Å². The maximum absolute atomic E-state index is 12.4. The number of aliphatic hydroxyl groups excluding tert-OH is 1. The summed E-state index contributed by atoms with van der Waals surface area (Å²) in [6.45, 7) is 2.68. The highest BCUT2D eigenvalue weighted by molar-refractivity contribution is 5.90. The molecule has 0 aliphatic carbocycles. The Kier molecular flexibility index (Phi) is 8.76. The van der Waals surface area contributed by atoms with Gasteiger partial charge in [0, 0.05) is 11.1 Å². The van der Waals surface area contributed by atoms with Crippen LogP contribution in [0.4, 0.5) is 0 Å². The van der Waals surface area contributed by atoms with Crippen LogP contribution in [-0.4, -0.2) is 17.7 Å². The van der Waals surface area contributed by atoms with E-state index >= 15 is 0 Å². The Morgan fingerprint density at radius 1 is 0.867 bits per heavy atom. The molecule has 30 heavy (non-hydrogen) atoms. The second-order valence-corrected chi connectivity index (χ2v) is 8.11. The largest absolute Gasteiger partial charge is 0.462 e. The number of esters is 1. The second-order valence-electron chi connectivity index (χ2n) is 8.11. The van der Waals surface area contributed by atoms with Crippen molar-refractivity contribution in [3.8, 4) is 11.5 Å². The lowest BCUT2D eigenvalue weighted by Gasteiger charge is -2.25. The molecule has 0 aromatic heterocycles. The molecule has 0 bridgehead atoms. The molecule has 1 aliphatic rings. The number of benzene rings is 2. The summed E-state index contributed by atoms with van der Waals surface area (Å²) in [7, 11) is 0. The predicted octanol–water partition coefficient (Wildman–Crippen LogP) is 6.95. The lowest BCUT2D eigenvalue weighted by molar-refractivity contribution is 0.0497. The summed E-state index contributed by atoms with van der Waals surface area (Å²) in [6.07, 6.45) is 11.7. The monoisotopic (exact) mass is 410 g/mol. The third-order valence-electron chi connectivity index (χ3n) is 5.70. The number of carbonyl (C=O) groups is 1. The molecule has 4 nitrogen and oxygen atoms in total. The van der Waals surface area contributed by atoms with E-state index in [0.717, 1.165) is 12.8 Å². The van der Waals surface area contributed by atoms with Crippen LogP contribution in [0.3, 0.4) is 0 Å². The van der Waals surface area contributed by atoms with Gasteiger partial charge in [0.15, 0.2) is 0 Å². The molecule has 3 rings (SSSR count). The summed E-state index contributed by atoms with van der Waals surface area (Å²) in [4.78, 5) is 12.4. The fourth-order valence-electron chi connectivity index (χ4n) is 3.91. The zero-order valence-electron chi connectivity index (χ0n) is 18.1. The number of rotatable bonds is 12. The van der Waals surface area contributed by atoms with Crippen molar-refractivity contribution in [3.63, 3.8) is 0 Å². The highest BCUT2D eigenvalue weighted by Crippen LogP contribution is 2.42. The van der Waals surface area contributed by atoms with Crippen LogP contribution in [0.25, 0.3) is 0 Å². The topological polar surface area (TPSA) is 55.8 Å². The molecule has 0 amide bonds. The number of fused-ring (bicyclic) bond motifs is 2. The number of ether oxygens (including phenoxy) is 2. The maximum atomic E-state index is 12.4. The SMILES string of the molecule is CCCCCCCCCCCCOC(=O)c1ccc2c(c1)C(O)c1ccccc1O2. The highest BCUT2D eigenvalue weighted by atomic mass is 16.5. The van der Waals surface area contributed by atoms with Crippen molar-refractivity contribution in [1.29, 1.82) is 0 Å². The number of unbranched alkanes of at least 4 members (excludes halogenated alkanes) is 9. The highest BCUT2D eigenvalue weighted by Gasteiger charge is 2.26. The Labute approximate surface area is 180 Å². The number of hydrogen-bond donors (Lipinski definition) is 1. The predicted molar refractivity (Wildman–Crippen MR) is 119 cm³/mol. The molecule has 0 fully saturated rings. The van der Waals surface area contributed by atoms with Crippen molar-refractivity contribution in [1.82, 2.24) is 0 Å². The summed E-state index contributed by atoms with van der Waals surface area (Å²) in [5, 5.41) is 10.7. The molecule has 4 heteroatoms. The van der Waals surface area contributed by atoms with Gasteiger partial charge in [-0.3, -0.25) is 0 Å². The quantitative estimate of drug-likeness (QED) is 0.304. The summed E-state index contributed by atoms with van der Waals surface area (Å²) >= 11 is 0. The molecule has 0 spiro atoms. The molecule has 1 N–H and O–H groups in total. The van der Waals surface area contributed by atoms with E-state index in [1.54, 1.807) is 18.2 Å². The number of aliphatic hydroxyl groups is 1. The first-order chi connectivity index (χ1) is 14.7. The van der Waals surface area contributed by atoms with E-state index in [1.165, 1.54) is 51.4 Å². The smallest absolute Gasteiger partial charge is 0.338 e. The lowest BCUT2D eigenvalue weighted by atomic mass is 9.95. The fourth-order valence-corrected chi connectivity index (χ4v) is 3.91. The van der Waals surface area contributed by atoms with Gasteiger partial charge < -0.3 is 14.6 Å². The summed E-state index contributed by atoms with van der Waals surface area (Å²) in [6, 6.07) is 12.5. The molecule has 1 atom stereocenters. The van der Waals surface area contributed by atoms with Crippen LogP contribution in [0, 0.1) is 0 Å². The van der Waals surface area contributed by atoms with Gasteiger partial charge in [-0.15, -0.1) is 0 Å². The Hall–Kier alpha value is -2.33. The third kappa shape index (κ3) is 6.09. The van der Waals surface area contributed by atoms with Crippen molar-refractivity contribution in [3.05, 3.63) is 59.2 Å². The molecule has 2 aromatic rings. The first-order valence-electron chi connectivity index (χ1n) is 11.5. The fraction of sp³-hybridized carbons (Fsp3) is 0.500. The van der Waals surface area contributed by atoms with Crippen LogP contribution in [-0.2, 0) is 4.74 Å². The van der Waals surface area contributed by atoms with Gasteiger partial charge in [-0.25, -0.2) is 4.79 Å². The van der Waals surface area contributed by atoms with Gasteiger partial charge in [-0.2, -0.15) is 0 Å². The molecule has 0 radical (unpaired) electrons. The minimum absolute atomic E-state index is 0.347. The minimum atomic E-state index is -0.806. The van der Waals surface area contributed by atoms with E-state index in [0.29, 0.717) is 34.8 Å². The second kappa shape index (κ2) is 11.8. The lowest BCUT2D eigenvalue weighted by Crippen LogP contribution is -2.12. The Bertz CT molecular complexity index is 814. The van der Waals surface area contributed by atoms with E-state index in [1.807, 2.05) is 24.3 Å². The average Bonchev–Trinajstić information content (AvgIpc) is 2.77. The molecule has 1 heterocycles. The first-order valence-corrected chi connectivity index (χ1v) is 11.5. The van der Waals surface area contributed by atoms with Gasteiger partial charge in [-0.05, 0) is 30.7 Å². The summed E-state index contributed by atoms with van der Waals surface area (Å²) < 4.78 is 11.3. The normalized spacial score (nSPS) is 14.5. The molecule has 0 saturated carbocycles.